The predicted octanol–water partition coefficient (Wildman–Crippen LogP) is 4.53. The first-order valence-electron chi connectivity index (χ1n) is 8.25. The molecule has 1 heterocycles. The number of hydrogen-bond acceptors (Lipinski definition) is 9. The summed E-state index contributed by atoms with van der Waals surface area (Å²) in [6.07, 6.45) is 5.84. The zero-order chi connectivity index (χ0) is 20.3. The average Bonchev–Trinajstić information content (AvgIpc) is 3.14. The molecule has 0 spiro atoms. The third-order valence-electron chi connectivity index (χ3n) is 3.93. The van der Waals surface area contributed by atoms with Crippen LogP contribution in [-0.2, 0) is 4.74 Å². The molecular weight excluding hydrogens is 384 g/mol. The van der Waals surface area contributed by atoms with Crippen LogP contribution in [0.4, 0.5) is 10.7 Å². The number of nitro groups is 1. The lowest BCUT2D eigenvalue weighted by atomic mass is 10.1. The summed E-state index contributed by atoms with van der Waals surface area (Å²) in [7, 11) is 0. The minimum atomic E-state index is -0.804. The standard InChI is InChI=1S/C18H16N4O5S/c1-10-7-12(8-11(2)16(10)23)20-21-15-9-19-17(28-15)18(24)27-14-5-3-13(4-6-14)22(25)26/h3,5-9,13,23H,4H2,1-2H3. The lowest BCUT2D eigenvalue weighted by molar-refractivity contribution is -0.508. The highest BCUT2D eigenvalue weighted by Gasteiger charge is 2.21. The molecule has 0 saturated carbocycles. The Labute approximate surface area is 163 Å². The Morgan fingerprint density at radius 1 is 1.36 bits per heavy atom. The Kier molecular flexibility index (Phi) is 5.59. The number of azo groups is 1. The topological polar surface area (TPSA) is 127 Å². The molecule has 2 aromatic rings. The van der Waals surface area contributed by atoms with Gasteiger partial charge in [0.05, 0.1) is 11.9 Å². The molecule has 0 amide bonds. The van der Waals surface area contributed by atoms with Gasteiger partial charge in [-0.3, -0.25) is 10.1 Å². The molecule has 1 N–H and O–H groups in total. The molecule has 1 aliphatic rings. The number of esters is 1. The first-order valence-corrected chi connectivity index (χ1v) is 9.07. The van der Waals surface area contributed by atoms with Crippen molar-refractivity contribution in [2.75, 3.05) is 0 Å². The van der Waals surface area contributed by atoms with Crippen LogP contribution in [-0.4, -0.2) is 27.0 Å². The summed E-state index contributed by atoms with van der Waals surface area (Å²) in [5.74, 6) is -0.202. The summed E-state index contributed by atoms with van der Waals surface area (Å²) in [6.45, 7) is 3.54. The molecule has 1 aliphatic carbocycles. The fraction of sp³-hybridized carbons (Fsp3) is 0.222. The van der Waals surface area contributed by atoms with Crippen LogP contribution in [0.3, 0.4) is 0 Å². The fourth-order valence-corrected chi connectivity index (χ4v) is 3.09. The lowest BCUT2D eigenvalue weighted by Gasteiger charge is -2.09. The molecule has 9 nitrogen and oxygen atoms in total. The highest BCUT2D eigenvalue weighted by molar-refractivity contribution is 7.17. The maximum absolute atomic E-state index is 12.2. The van der Waals surface area contributed by atoms with Gasteiger partial charge in [0.2, 0.25) is 11.0 Å². The first-order chi connectivity index (χ1) is 13.3. The average molecular weight is 400 g/mol. The van der Waals surface area contributed by atoms with Gasteiger partial charge >= 0.3 is 5.97 Å². The van der Waals surface area contributed by atoms with E-state index in [1.54, 1.807) is 26.0 Å². The number of nitrogens with zero attached hydrogens (tertiary/aromatic N) is 4. The van der Waals surface area contributed by atoms with E-state index in [1.165, 1.54) is 24.4 Å². The number of ether oxygens (including phenoxy) is 1. The number of aryl methyl sites for hydroxylation is 2. The van der Waals surface area contributed by atoms with E-state index in [2.05, 4.69) is 15.2 Å². The Hall–Kier alpha value is -3.40. The largest absolute Gasteiger partial charge is 0.507 e. The van der Waals surface area contributed by atoms with Crippen molar-refractivity contribution in [1.82, 2.24) is 4.98 Å². The molecule has 1 aromatic heterocycles. The van der Waals surface area contributed by atoms with Gasteiger partial charge in [-0.05, 0) is 55.3 Å². The van der Waals surface area contributed by atoms with Gasteiger partial charge in [-0.15, -0.1) is 10.2 Å². The van der Waals surface area contributed by atoms with E-state index in [1.807, 2.05) is 0 Å². The maximum atomic E-state index is 12.2. The van der Waals surface area contributed by atoms with Crippen molar-refractivity contribution in [2.24, 2.45) is 10.2 Å². The van der Waals surface area contributed by atoms with Crippen LogP contribution in [0.25, 0.3) is 0 Å². The number of hydrogen-bond donors (Lipinski definition) is 1. The number of phenols is 1. The Balaban J connectivity index is 1.65. The summed E-state index contributed by atoms with van der Waals surface area (Å²) >= 11 is 1.01. The van der Waals surface area contributed by atoms with Crippen LogP contribution in [0.15, 0.2) is 52.5 Å². The summed E-state index contributed by atoms with van der Waals surface area (Å²) < 4.78 is 5.19. The first kappa shape index (κ1) is 19.4. The van der Waals surface area contributed by atoms with Gasteiger partial charge in [-0.2, -0.15) is 0 Å². The third kappa shape index (κ3) is 4.46. The number of carbonyl (C=O) groups excluding carboxylic acids is 1. The van der Waals surface area contributed by atoms with Gasteiger partial charge in [0.15, 0.2) is 5.00 Å². The molecule has 0 bridgehead atoms. The van der Waals surface area contributed by atoms with Gasteiger partial charge in [-0.25, -0.2) is 9.78 Å². The molecule has 0 radical (unpaired) electrons. The highest BCUT2D eigenvalue weighted by Crippen LogP contribution is 2.30. The summed E-state index contributed by atoms with van der Waals surface area (Å²) in [5.41, 5.74) is 1.95. The quantitative estimate of drug-likeness (QED) is 0.340. The number of benzene rings is 1. The number of aromatic nitrogens is 1. The van der Waals surface area contributed by atoms with Crippen LogP contribution in [0.1, 0.15) is 27.3 Å². The monoisotopic (exact) mass is 400 g/mol. The fourth-order valence-electron chi connectivity index (χ4n) is 2.48. The normalized spacial score (nSPS) is 16.2. The number of aromatic hydroxyl groups is 1. The molecule has 0 fully saturated rings. The van der Waals surface area contributed by atoms with E-state index in [4.69, 9.17) is 4.74 Å². The SMILES string of the molecule is Cc1cc(N=Nc2cnc(C(=O)OC3=CCC([N+](=O)[O-])C=C3)s2)cc(C)c1O. The third-order valence-corrected chi connectivity index (χ3v) is 4.79. The number of phenolic OH excluding ortho intramolecular Hbond substituents is 1. The molecule has 28 heavy (non-hydrogen) atoms. The van der Waals surface area contributed by atoms with Crippen molar-refractivity contribution in [3.05, 3.63) is 68.6 Å². The minimum Gasteiger partial charge on any atom is -0.507 e. The Morgan fingerprint density at radius 3 is 2.68 bits per heavy atom. The van der Waals surface area contributed by atoms with Crippen molar-refractivity contribution in [1.29, 1.82) is 0 Å². The van der Waals surface area contributed by atoms with Crippen molar-refractivity contribution in [3.8, 4) is 5.75 Å². The lowest BCUT2D eigenvalue weighted by Crippen LogP contribution is -2.18. The van der Waals surface area contributed by atoms with Crippen LogP contribution < -0.4 is 0 Å². The smallest absolute Gasteiger partial charge is 0.372 e. The minimum absolute atomic E-state index is 0.0951. The van der Waals surface area contributed by atoms with Crippen LogP contribution in [0.5, 0.6) is 5.75 Å². The predicted molar refractivity (Wildman–Crippen MR) is 102 cm³/mol. The highest BCUT2D eigenvalue weighted by atomic mass is 32.1. The van der Waals surface area contributed by atoms with Gasteiger partial charge in [0.25, 0.3) is 0 Å². The van der Waals surface area contributed by atoms with E-state index in [-0.39, 0.29) is 22.9 Å². The number of allylic oxidation sites excluding steroid dienone is 1. The molecule has 10 heteroatoms. The van der Waals surface area contributed by atoms with Crippen molar-refractivity contribution in [3.63, 3.8) is 0 Å². The zero-order valence-electron chi connectivity index (χ0n) is 15.0. The van der Waals surface area contributed by atoms with Crippen LogP contribution in [0.2, 0.25) is 0 Å². The van der Waals surface area contributed by atoms with E-state index in [0.717, 1.165) is 11.3 Å². The summed E-state index contributed by atoms with van der Waals surface area (Å²) in [4.78, 5) is 26.4. The molecule has 0 aliphatic heterocycles. The summed E-state index contributed by atoms with van der Waals surface area (Å²) in [6, 6.07) is 2.59. The summed E-state index contributed by atoms with van der Waals surface area (Å²) in [5, 5.41) is 29.1. The zero-order valence-corrected chi connectivity index (χ0v) is 15.8. The van der Waals surface area contributed by atoms with E-state index >= 15 is 0 Å². The van der Waals surface area contributed by atoms with Crippen LogP contribution >= 0.6 is 11.3 Å². The van der Waals surface area contributed by atoms with Gasteiger partial charge < -0.3 is 9.84 Å². The maximum Gasteiger partial charge on any atom is 0.372 e. The number of rotatable bonds is 5. The van der Waals surface area contributed by atoms with Gasteiger partial charge in [0, 0.05) is 11.3 Å². The van der Waals surface area contributed by atoms with Crippen molar-refractivity contribution in [2.45, 2.75) is 26.3 Å². The number of thiazole rings is 1. The second kappa shape index (κ2) is 8.09. The van der Waals surface area contributed by atoms with Crippen LogP contribution in [0, 0.1) is 24.0 Å². The molecule has 1 atom stereocenters. The van der Waals surface area contributed by atoms with Gasteiger partial charge in [-0.1, -0.05) is 11.3 Å². The van der Waals surface area contributed by atoms with Crippen molar-refractivity contribution >= 4 is 28.0 Å². The molecule has 1 unspecified atom stereocenters. The second-order valence-electron chi connectivity index (χ2n) is 6.08. The van der Waals surface area contributed by atoms with E-state index < -0.39 is 16.9 Å². The Bertz CT molecular complexity index is 1000. The number of carbonyl (C=O) groups is 1. The molecule has 1 aromatic carbocycles. The van der Waals surface area contributed by atoms with E-state index in [0.29, 0.717) is 21.8 Å². The molecular formula is C18H16N4O5S. The molecule has 144 valence electrons. The second-order valence-corrected chi connectivity index (χ2v) is 7.08. The Morgan fingerprint density at radius 2 is 2.07 bits per heavy atom. The van der Waals surface area contributed by atoms with E-state index in [9.17, 15) is 20.0 Å². The molecule has 3 rings (SSSR count). The van der Waals surface area contributed by atoms with Crippen molar-refractivity contribution < 1.29 is 19.6 Å². The van der Waals surface area contributed by atoms with Gasteiger partial charge in [0.1, 0.15) is 11.5 Å². The molecule has 0 saturated heterocycles.